The molecule has 1 N–H and O–H groups in total. The molecule has 0 unspecified atom stereocenters. The van der Waals surface area contributed by atoms with Crippen LogP contribution in [0, 0.1) is 6.92 Å². The Labute approximate surface area is 213 Å². The highest BCUT2D eigenvalue weighted by atomic mass is 16.5. The van der Waals surface area contributed by atoms with E-state index in [0.29, 0.717) is 35.5 Å². The number of esters is 1. The van der Waals surface area contributed by atoms with Crippen molar-refractivity contribution in [2.75, 3.05) is 14.2 Å². The molecule has 2 aliphatic rings. The fourth-order valence-corrected chi connectivity index (χ4v) is 5.07. The highest BCUT2D eigenvalue weighted by molar-refractivity contribution is 6.04. The third kappa shape index (κ3) is 4.90. The summed E-state index contributed by atoms with van der Waals surface area (Å²) in [6.45, 7) is 7.78. The minimum Gasteiger partial charge on any atom is -0.493 e. The number of ketones is 1. The van der Waals surface area contributed by atoms with Crippen LogP contribution in [0.25, 0.3) is 0 Å². The first kappa shape index (κ1) is 25.5. The van der Waals surface area contributed by atoms with Gasteiger partial charge < -0.3 is 19.5 Å². The maximum Gasteiger partial charge on any atom is 0.337 e. The highest BCUT2D eigenvalue weighted by Crippen LogP contribution is 2.46. The van der Waals surface area contributed by atoms with Crippen LogP contribution >= 0.6 is 0 Å². The lowest BCUT2D eigenvalue weighted by Crippen LogP contribution is -2.36. The van der Waals surface area contributed by atoms with E-state index in [1.165, 1.54) is 0 Å². The molecule has 0 saturated heterocycles. The number of methoxy groups -OCH3 is 2. The van der Waals surface area contributed by atoms with Crippen molar-refractivity contribution in [1.29, 1.82) is 0 Å². The Morgan fingerprint density at radius 2 is 1.67 bits per heavy atom. The van der Waals surface area contributed by atoms with Crippen molar-refractivity contribution in [1.82, 2.24) is 5.32 Å². The summed E-state index contributed by atoms with van der Waals surface area (Å²) in [5.41, 5.74) is 5.83. The zero-order chi connectivity index (χ0) is 26.0. The topological polar surface area (TPSA) is 73.9 Å². The number of rotatable bonds is 7. The van der Waals surface area contributed by atoms with Crippen LogP contribution in [0.15, 0.2) is 65.0 Å². The van der Waals surface area contributed by atoms with Crippen molar-refractivity contribution >= 4 is 11.8 Å². The molecule has 0 amide bonds. The fourth-order valence-electron chi connectivity index (χ4n) is 5.07. The molecule has 3 atom stereocenters. The number of hydrogen-bond acceptors (Lipinski definition) is 6. The minimum atomic E-state index is -0.461. The SMILES string of the molecule is CC[C@H](C)OC(=O)C1=C(C)NC2=C(C(=O)C[C@@H](c3ccc(OC)c(OC)c3)C2)[C@H]1c1ccc(C)cc1. The number of benzene rings is 2. The standard InChI is InChI=1S/C30H35NO5/c1-7-18(3)36-30(33)27-19(4)31-23-14-22(21-12-13-25(34-5)26(16-21)35-6)15-24(32)29(23)28(27)20-10-8-17(2)9-11-20/h8-13,16,18,22,28,31H,7,14-15H2,1-6H3/t18-,22-,28-/m0/s1. The normalized spacial score (nSPS) is 20.4. The Morgan fingerprint density at radius 3 is 2.31 bits per heavy atom. The lowest BCUT2D eigenvalue weighted by molar-refractivity contribution is -0.144. The quantitative estimate of drug-likeness (QED) is 0.502. The molecule has 6 nitrogen and oxygen atoms in total. The molecule has 190 valence electrons. The molecule has 1 aliphatic heterocycles. The van der Waals surface area contributed by atoms with Crippen LogP contribution < -0.4 is 14.8 Å². The van der Waals surface area contributed by atoms with Crippen LogP contribution in [0.5, 0.6) is 11.5 Å². The van der Waals surface area contributed by atoms with Crippen molar-refractivity contribution < 1.29 is 23.8 Å². The van der Waals surface area contributed by atoms with Crippen LogP contribution in [0.3, 0.4) is 0 Å². The highest BCUT2D eigenvalue weighted by Gasteiger charge is 2.41. The Balaban J connectivity index is 1.76. The van der Waals surface area contributed by atoms with Crippen molar-refractivity contribution in [2.24, 2.45) is 0 Å². The van der Waals surface area contributed by atoms with Crippen molar-refractivity contribution in [2.45, 2.75) is 64.9 Å². The molecule has 0 fully saturated rings. The van der Waals surface area contributed by atoms with E-state index < -0.39 is 5.92 Å². The van der Waals surface area contributed by atoms with Gasteiger partial charge in [0.25, 0.3) is 0 Å². The zero-order valence-electron chi connectivity index (χ0n) is 21.9. The van der Waals surface area contributed by atoms with Gasteiger partial charge >= 0.3 is 5.97 Å². The molecule has 2 aromatic rings. The van der Waals surface area contributed by atoms with Gasteiger partial charge in [-0.05, 0) is 62.8 Å². The molecule has 36 heavy (non-hydrogen) atoms. The Kier molecular flexibility index (Phi) is 7.53. The summed E-state index contributed by atoms with van der Waals surface area (Å²) in [5, 5.41) is 3.41. The summed E-state index contributed by atoms with van der Waals surface area (Å²) >= 11 is 0. The van der Waals surface area contributed by atoms with Gasteiger partial charge in [-0.2, -0.15) is 0 Å². The summed E-state index contributed by atoms with van der Waals surface area (Å²) in [4.78, 5) is 27.1. The van der Waals surface area contributed by atoms with Crippen LogP contribution in [-0.2, 0) is 14.3 Å². The Bertz CT molecular complexity index is 1220. The predicted octanol–water partition coefficient (Wildman–Crippen LogP) is 5.72. The molecule has 0 aromatic heterocycles. The van der Waals surface area contributed by atoms with Crippen LogP contribution in [-0.4, -0.2) is 32.1 Å². The number of allylic oxidation sites excluding steroid dienone is 3. The Hall–Kier alpha value is -3.54. The van der Waals surface area contributed by atoms with Crippen LogP contribution in [0.2, 0.25) is 0 Å². The third-order valence-corrected chi connectivity index (χ3v) is 7.22. The minimum absolute atomic E-state index is 0.0105. The number of nitrogens with one attached hydrogen (secondary N) is 1. The molecule has 6 heteroatoms. The van der Waals surface area contributed by atoms with E-state index in [9.17, 15) is 9.59 Å². The van der Waals surface area contributed by atoms with Gasteiger partial charge in [0.05, 0.1) is 25.9 Å². The molecule has 1 aliphatic carbocycles. The second-order valence-electron chi connectivity index (χ2n) is 9.67. The lowest BCUT2D eigenvalue weighted by Gasteiger charge is -2.37. The second-order valence-corrected chi connectivity index (χ2v) is 9.67. The number of aryl methyl sites for hydroxylation is 1. The van der Waals surface area contributed by atoms with Gasteiger partial charge in [-0.3, -0.25) is 4.79 Å². The second kappa shape index (κ2) is 10.6. The van der Waals surface area contributed by atoms with Gasteiger partial charge in [0.1, 0.15) is 0 Å². The van der Waals surface area contributed by atoms with Gasteiger partial charge in [0.15, 0.2) is 17.3 Å². The van der Waals surface area contributed by atoms with Crippen molar-refractivity contribution in [3.8, 4) is 11.5 Å². The van der Waals surface area contributed by atoms with E-state index in [0.717, 1.165) is 34.5 Å². The van der Waals surface area contributed by atoms with Gasteiger partial charge in [-0.1, -0.05) is 42.8 Å². The molecular weight excluding hydrogens is 454 g/mol. The summed E-state index contributed by atoms with van der Waals surface area (Å²) in [6.07, 6.45) is 1.53. The summed E-state index contributed by atoms with van der Waals surface area (Å²) in [6, 6.07) is 13.9. The summed E-state index contributed by atoms with van der Waals surface area (Å²) < 4.78 is 16.6. The number of ether oxygens (including phenoxy) is 3. The summed E-state index contributed by atoms with van der Waals surface area (Å²) in [5.74, 6) is 0.488. The van der Waals surface area contributed by atoms with E-state index in [1.54, 1.807) is 14.2 Å². The maximum absolute atomic E-state index is 13.8. The molecule has 1 heterocycles. The van der Waals surface area contributed by atoms with E-state index in [-0.39, 0.29) is 23.8 Å². The number of hydrogen-bond donors (Lipinski definition) is 1. The van der Waals surface area contributed by atoms with E-state index in [2.05, 4.69) is 5.32 Å². The first-order chi connectivity index (χ1) is 17.3. The average Bonchev–Trinajstić information content (AvgIpc) is 2.87. The fraction of sp³-hybridized carbons (Fsp3) is 0.400. The smallest absolute Gasteiger partial charge is 0.337 e. The van der Waals surface area contributed by atoms with Crippen LogP contribution in [0.4, 0.5) is 0 Å². The first-order valence-corrected chi connectivity index (χ1v) is 12.5. The molecule has 2 aromatic carbocycles. The Morgan fingerprint density at radius 1 is 1.00 bits per heavy atom. The van der Waals surface area contributed by atoms with Gasteiger partial charge in [-0.15, -0.1) is 0 Å². The van der Waals surface area contributed by atoms with Crippen LogP contribution in [0.1, 0.15) is 68.6 Å². The monoisotopic (exact) mass is 489 g/mol. The molecule has 4 rings (SSSR count). The van der Waals surface area contributed by atoms with Gasteiger partial charge in [0, 0.05) is 29.3 Å². The average molecular weight is 490 g/mol. The third-order valence-electron chi connectivity index (χ3n) is 7.22. The van der Waals surface area contributed by atoms with Gasteiger partial charge in [-0.25, -0.2) is 4.79 Å². The van der Waals surface area contributed by atoms with E-state index in [1.807, 2.05) is 70.2 Å². The first-order valence-electron chi connectivity index (χ1n) is 12.5. The molecule has 0 spiro atoms. The number of carbonyl (C=O) groups excluding carboxylic acids is 2. The summed E-state index contributed by atoms with van der Waals surface area (Å²) in [7, 11) is 3.21. The van der Waals surface area contributed by atoms with Gasteiger partial charge in [0.2, 0.25) is 0 Å². The van der Waals surface area contributed by atoms with E-state index in [4.69, 9.17) is 14.2 Å². The molecule has 0 saturated carbocycles. The number of carbonyl (C=O) groups is 2. The zero-order valence-corrected chi connectivity index (χ0v) is 21.9. The molecule has 0 radical (unpaired) electrons. The maximum atomic E-state index is 13.8. The number of dihydropyridines is 1. The van der Waals surface area contributed by atoms with Crippen molar-refractivity contribution in [3.63, 3.8) is 0 Å². The molecular formula is C30H35NO5. The predicted molar refractivity (Wildman–Crippen MR) is 139 cm³/mol. The largest absolute Gasteiger partial charge is 0.493 e. The lowest BCUT2D eigenvalue weighted by atomic mass is 9.71. The number of Topliss-reactive ketones (excluding diaryl/α,β-unsaturated/α-hetero) is 1. The van der Waals surface area contributed by atoms with Crippen molar-refractivity contribution in [3.05, 3.63) is 81.7 Å². The molecule has 0 bridgehead atoms. The van der Waals surface area contributed by atoms with E-state index >= 15 is 0 Å².